The third kappa shape index (κ3) is 6.77. The van der Waals surface area contributed by atoms with Gasteiger partial charge in [0.15, 0.2) is 0 Å². The average molecular weight is 248 g/mol. The summed E-state index contributed by atoms with van der Waals surface area (Å²) in [7, 11) is 0. The minimum atomic E-state index is 0.795. The Labute approximate surface area is 112 Å². The van der Waals surface area contributed by atoms with E-state index in [1.165, 1.54) is 12.0 Å². The average Bonchev–Trinajstić information content (AvgIpc) is 2.38. The smallest absolute Gasteiger partial charge is 0.0234 e. The van der Waals surface area contributed by atoms with Gasteiger partial charge in [-0.2, -0.15) is 0 Å². The maximum absolute atomic E-state index is 3.53. The second-order valence-electron chi connectivity index (χ2n) is 5.29. The fourth-order valence-electron chi connectivity index (χ4n) is 1.94. The first-order chi connectivity index (χ1) is 8.72. The van der Waals surface area contributed by atoms with Crippen molar-refractivity contribution in [3.8, 4) is 0 Å². The molecule has 2 nitrogen and oxygen atoms in total. The Bertz CT molecular complexity index is 295. The van der Waals surface area contributed by atoms with Crippen molar-refractivity contribution in [1.82, 2.24) is 10.2 Å². The molecule has 1 aromatic rings. The molecule has 0 aliphatic heterocycles. The molecule has 0 spiro atoms. The zero-order chi connectivity index (χ0) is 13.2. The number of likely N-dealkylation sites (N-methyl/N-ethyl adjacent to an activating group) is 1. The molecule has 0 saturated heterocycles. The monoisotopic (exact) mass is 248 g/mol. The lowest BCUT2D eigenvalue weighted by Gasteiger charge is -2.20. The summed E-state index contributed by atoms with van der Waals surface area (Å²) in [5, 5.41) is 3.53. The highest BCUT2D eigenvalue weighted by atomic mass is 15.1. The van der Waals surface area contributed by atoms with E-state index >= 15 is 0 Å². The lowest BCUT2D eigenvalue weighted by atomic mass is 10.1. The predicted octanol–water partition coefficient (Wildman–Crippen LogP) is 3.14. The molecule has 18 heavy (non-hydrogen) atoms. The van der Waals surface area contributed by atoms with Crippen LogP contribution in [0.4, 0.5) is 0 Å². The highest BCUT2D eigenvalue weighted by Crippen LogP contribution is 2.03. The van der Waals surface area contributed by atoms with Gasteiger partial charge in [0.1, 0.15) is 0 Å². The summed E-state index contributed by atoms with van der Waals surface area (Å²) in [5.74, 6) is 0.795. The molecule has 0 unspecified atom stereocenters. The molecule has 0 saturated carbocycles. The Morgan fingerprint density at radius 2 is 1.83 bits per heavy atom. The molecular formula is C16H28N2. The number of rotatable bonds is 9. The molecule has 0 aliphatic carbocycles. The molecule has 1 N–H and O–H groups in total. The number of nitrogens with one attached hydrogen (secondary N) is 1. The normalized spacial score (nSPS) is 11.4. The van der Waals surface area contributed by atoms with Gasteiger partial charge in [-0.15, -0.1) is 0 Å². The van der Waals surface area contributed by atoms with Crippen LogP contribution in [0.15, 0.2) is 30.3 Å². The summed E-state index contributed by atoms with van der Waals surface area (Å²) in [4.78, 5) is 2.48. The first kappa shape index (κ1) is 15.2. The van der Waals surface area contributed by atoms with E-state index in [4.69, 9.17) is 0 Å². The van der Waals surface area contributed by atoms with E-state index in [1.54, 1.807) is 0 Å². The first-order valence-electron chi connectivity index (χ1n) is 7.19. The molecule has 0 aromatic heterocycles. The Hall–Kier alpha value is -0.860. The molecule has 102 valence electrons. The topological polar surface area (TPSA) is 15.3 Å². The van der Waals surface area contributed by atoms with Gasteiger partial charge in [-0.1, -0.05) is 51.1 Å². The highest BCUT2D eigenvalue weighted by Gasteiger charge is 2.02. The van der Waals surface area contributed by atoms with Crippen molar-refractivity contribution in [2.75, 3.05) is 26.2 Å². The summed E-state index contributed by atoms with van der Waals surface area (Å²) < 4.78 is 0. The Morgan fingerprint density at radius 1 is 1.11 bits per heavy atom. The summed E-state index contributed by atoms with van der Waals surface area (Å²) >= 11 is 0. The van der Waals surface area contributed by atoms with Gasteiger partial charge in [0.25, 0.3) is 0 Å². The third-order valence-corrected chi connectivity index (χ3v) is 3.20. The fourth-order valence-corrected chi connectivity index (χ4v) is 1.94. The minimum Gasteiger partial charge on any atom is -0.315 e. The van der Waals surface area contributed by atoms with Crippen molar-refractivity contribution in [1.29, 1.82) is 0 Å². The van der Waals surface area contributed by atoms with Gasteiger partial charge < -0.3 is 5.32 Å². The zero-order valence-electron chi connectivity index (χ0n) is 12.2. The molecule has 0 aliphatic rings. The second-order valence-corrected chi connectivity index (χ2v) is 5.29. The van der Waals surface area contributed by atoms with Gasteiger partial charge in [0.2, 0.25) is 0 Å². The van der Waals surface area contributed by atoms with Crippen molar-refractivity contribution in [3.63, 3.8) is 0 Å². The molecule has 1 aromatic carbocycles. The molecule has 1 rings (SSSR count). The standard InChI is InChI=1S/C16H28N2/c1-4-18(13-12-17-11-10-15(2)3)14-16-8-6-5-7-9-16/h5-9,15,17H,4,10-14H2,1-3H3. The van der Waals surface area contributed by atoms with Crippen LogP contribution in [0.5, 0.6) is 0 Å². The number of hydrogen-bond donors (Lipinski definition) is 1. The van der Waals surface area contributed by atoms with Gasteiger partial charge in [0, 0.05) is 19.6 Å². The molecular weight excluding hydrogens is 220 g/mol. The van der Waals surface area contributed by atoms with E-state index in [1.807, 2.05) is 0 Å². The Balaban J connectivity index is 2.18. The Kier molecular flexibility index (Phi) is 7.70. The zero-order valence-corrected chi connectivity index (χ0v) is 12.2. The lowest BCUT2D eigenvalue weighted by molar-refractivity contribution is 0.278. The quantitative estimate of drug-likeness (QED) is 0.675. The lowest BCUT2D eigenvalue weighted by Crippen LogP contribution is -2.32. The van der Waals surface area contributed by atoms with Crippen molar-refractivity contribution in [2.45, 2.75) is 33.7 Å². The van der Waals surface area contributed by atoms with Crippen LogP contribution in [0.1, 0.15) is 32.8 Å². The maximum Gasteiger partial charge on any atom is 0.0234 e. The van der Waals surface area contributed by atoms with E-state index in [9.17, 15) is 0 Å². The first-order valence-corrected chi connectivity index (χ1v) is 7.19. The van der Waals surface area contributed by atoms with E-state index in [0.717, 1.165) is 38.6 Å². The van der Waals surface area contributed by atoms with Crippen molar-refractivity contribution in [3.05, 3.63) is 35.9 Å². The van der Waals surface area contributed by atoms with Crippen LogP contribution in [0.25, 0.3) is 0 Å². The molecule has 2 heteroatoms. The van der Waals surface area contributed by atoms with Crippen LogP contribution < -0.4 is 5.32 Å². The SMILES string of the molecule is CCN(CCNCCC(C)C)Cc1ccccc1. The molecule has 0 radical (unpaired) electrons. The molecule has 0 atom stereocenters. The van der Waals surface area contributed by atoms with E-state index < -0.39 is 0 Å². The van der Waals surface area contributed by atoms with Crippen LogP contribution in [0, 0.1) is 5.92 Å². The third-order valence-electron chi connectivity index (χ3n) is 3.20. The number of nitrogens with zero attached hydrogens (tertiary/aromatic N) is 1. The fraction of sp³-hybridized carbons (Fsp3) is 0.625. The predicted molar refractivity (Wildman–Crippen MR) is 79.7 cm³/mol. The molecule has 0 bridgehead atoms. The van der Waals surface area contributed by atoms with Gasteiger partial charge in [-0.3, -0.25) is 4.90 Å². The number of benzene rings is 1. The van der Waals surface area contributed by atoms with Crippen molar-refractivity contribution >= 4 is 0 Å². The van der Waals surface area contributed by atoms with Gasteiger partial charge in [0.05, 0.1) is 0 Å². The minimum absolute atomic E-state index is 0.795. The van der Waals surface area contributed by atoms with E-state index in [-0.39, 0.29) is 0 Å². The van der Waals surface area contributed by atoms with Crippen LogP contribution in [-0.2, 0) is 6.54 Å². The molecule has 0 fully saturated rings. The van der Waals surface area contributed by atoms with Gasteiger partial charge in [-0.05, 0) is 31.0 Å². The van der Waals surface area contributed by atoms with Crippen molar-refractivity contribution < 1.29 is 0 Å². The molecule has 0 heterocycles. The highest BCUT2D eigenvalue weighted by molar-refractivity contribution is 5.14. The van der Waals surface area contributed by atoms with Crippen molar-refractivity contribution in [2.24, 2.45) is 5.92 Å². The van der Waals surface area contributed by atoms with E-state index in [2.05, 4.69) is 61.3 Å². The van der Waals surface area contributed by atoms with Crippen LogP contribution >= 0.6 is 0 Å². The largest absolute Gasteiger partial charge is 0.315 e. The van der Waals surface area contributed by atoms with Gasteiger partial charge >= 0.3 is 0 Å². The summed E-state index contributed by atoms with van der Waals surface area (Å²) in [6, 6.07) is 10.7. The maximum atomic E-state index is 3.53. The summed E-state index contributed by atoms with van der Waals surface area (Å²) in [5.41, 5.74) is 1.40. The second kappa shape index (κ2) is 9.12. The molecule has 0 amide bonds. The number of hydrogen-bond acceptors (Lipinski definition) is 2. The van der Waals surface area contributed by atoms with Crippen LogP contribution in [0.2, 0.25) is 0 Å². The Morgan fingerprint density at radius 3 is 2.44 bits per heavy atom. The summed E-state index contributed by atoms with van der Waals surface area (Å²) in [6.07, 6.45) is 1.27. The van der Waals surface area contributed by atoms with E-state index in [0.29, 0.717) is 0 Å². The summed E-state index contributed by atoms with van der Waals surface area (Å²) in [6.45, 7) is 12.3. The van der Waals surface area contributed by atoms with Crippen LogP contribution in [0.3, 0.4) is 0 Å². The van der Waals surface area contributed by atoms with Crippen LogP contribution in [-0.4, -0.2) is 31.1 Å². The van der Waals surface area contributed by atoms with Gasteiger partial charge in [-0.25, -0.2) is 0 Å².